The average molecular weight is 254 g/mol. The van der Waals surface area contributed by atoms with Crippen molar-refractivity contribution in [3.63, 3.8) is 0 Å². The first-order valence-corrected chi connectivity index (χ1v) is 5.25. The van der Waals surface area contributed by atoms with E-state index in [1.165, 1.54) is 23.4 Å². The van der Waals surface area contributed by atoms with Crippen LogP contribution in [0.25, 0.3) is 0 Å². The second kappa shape index (κ2) is 4.79. The van der Waals surface area contributed by atoms with E-state index < -0.39 is 17.2 Å². The smallest absolute Gasteiger partial charge is 0.137 e. The zero-order valence-corrected chi connectivity index (χ0v) is 9.42. The van der Waals surface area contributed by atoms with Crippen molar-refractivity contribution in [2.45, 2.75) is 12.1 Å². The number of hydrogen-bond donors (Lipinski definition) is 2. The highest BCUT2D eigenvalue weighted by molar-refractivity contribution is 5.25. The van der Waals surface area contributed by atoms with E-state index in [0.29, 0.717) is 6.07 Å². The van der Waals surface area contributed by atoms with E-state index in [1.54, 1.807) is 0 Å². The number of nitrogens with two attached hydrogens (primary N) is 1. The highest BCUT2D eigenvalue weighted by Gasteiger charge is 2.31. The van der Waals surface area contributed by atoms with Gasteiger partial charge >= 0.3 is 0 Å². The van der Waals surface area contributed by atoms with Gasteiger partial charge in [-0.3, -0.25) is 0 Å². The predicted molar refractivity (Wildman–Crippen MR) is 59.3 cm³/mol. The average Bonchev–Trinajstić information content (AvgIpc) is 2.81. The quantitative estimate of drug-likeness (QED) is 0.828. The van der Waals surface area contributed by atoms with Gasteiger partial charge in [-0.25, -0.2) is 18.4 Å². The minimum absolute atomic E-state index is 0.0634. The molecule has 0 fully saturated rings. The number of halogens is 2. The molecular weight excluding hydrogens is 242 g/mol. The molecule has 1 aromatic heterocycles. The molecule has 0 aliphatic carbocycles. The molecule has 1 heterocycles. The molecule has 0 bridgehead atoms. The van der Waals surface area contributed by atoms with E-state index in [0.717, 1.165) is 6.07 Å². The van der Waals surface area contributed by atoms with Gasteiger partial charge in [0, 0.05) is 18.2 Å². The summed E-state index contributed by atoms with van der Waals surface area (Å²) in [6.07, 6.45) is 2.67. The van der Waals surface area contributed by atoms with Crippen molar-refractivity contribution >= 4 is 0 Å². The number of hydrogen-bond acceptors (Lipinski definition) is 4. The van der Waals surface area contributed by atoms with E-state index in [9.17, 15) is 13.9 Å². The highest BCUT2D eigenvalue weighted by Crippen LogP contribution is 2.25. The second-order valence-corrected chi connectivity index (χ2v) is 3.95. The van der Waals surface area contributed by atoms with Crippen LogP contribution in [0.15, 0.2) is 30.9 Å². The SMILES string of the molecule is NCC(O)(Cn1cncn1)c1ccc(F)cc1F. The molecule has 0 saturated heterocycles. The molecule has 0 aliphatic heterocycles. The van der Waals surface area contributed by atoms with Crippen molar-refractivity contribution in [3.8, 4) is 0 Å². The van der Waals surface area contributed by atoms with E-state index in [1.807, 2.05) is 0 Å². The third kappa shape index (κ3) is 2.36. The van der Waals surface area contributed by atoms with Crippen molar-refractivity contribution in [3.05, 3.63) is 48.1 Å². The third-order valence-electron chi connectivity index (χ3n) is 2.66. The Morgan fingerprint density at radius 2 is 2.17 bits per heavy atom. The standard InChI is InChI=1S/C11H12F2N4O/c12-8-1-2-9(10(13)3-8)11(18,4-14)5-17-7-15-6-16-17/h1-3,6-7,18H,4-5,14H2. The summed E-state index contributed by atoms with van der Waals surface area (Å²) in [5.41, 5.74) is 3.76. The Bertz CT molecular complexity index is 532. The molecule has 0 aliphatic rings. The normalized spacial score (nSPS) is 14.4. The minimum atomic E-state index is -1.66. The van der Waals surface area contributed by atoms with Crippen LogP contribution in [0.1, 0.15) is 5.56 Å². The van der Waals surface area contributed by atoms with Gasteiger partial charge in [-0.1, -0.05) is 6.07 Å². The summed E-state index contributed by atoms with van der Waals surface area (Å²) in [7, 11) is 0. The van der Waals surface area contributed by atoms with Crippen molar-refractivity contribution in [2.24, 2.45) is 5.73 Å². The maximum Gasteiger partial charge on any atom is 0.137 e. The summed E-state index contributed by atoms with van der Waals surface area (Å²) < 4.78 is 27.8. The molecule has 1 aromatic carbocycles. The summed E-state index contributed by atoms with van der Waals surface area (Å²) in [5.74, 6) is -1.56. The molecule has 0 radical (unpaired) electrons. The predicted octanol–water partition coefficient (Wildman–Crippen LogP) is 0.403. The lowest BCUT2D eigenvalue weighted by atomic mass is 9.93. The summed E-state index contributed by atoms with van der Waals surface area (Å²) in [4.78, 5) is 3.72. The molecular formula is C11H12F2N4O. The Hall–Kier alpha value is -1.86. The Morgan fingerprint density at radius 3 is 2.72 bits per heavy atom. The van der Waals surface area contributed by atoms with Crippen LogP contribution in [0.5, 0.6) is 0 Å². The van der Waals surface area contributed by atoms with Gasteiger partial charge in [0.2, 0.25) is 0 Å². The molecule has 1 unspecified atom stereocenters. The molecule has 1 atom stereocenters. The lowest BCUT2D eigenvalue weighted by Gasteiger charge is -2.27. The van der Waals surface area contributed by atoms with Gasteiger partial charge in [-0.05, 0) is 6.07 Å². The van der Waals surface area contributed by atoms with Crippen LogP contribution in [0.4, 0.5) is 8.78 Å². The van der Waals surface area contributed by atoms with Crippen LogP contribution in [-0.4, -0.2) is 26.4 Å². The minimum Gasteiger partial charge on any atom is -0.382 e. The Kier molecular flexibility index (Phi) is 3.35. The number of aliphatic hydroxyl groups is 1. The van der Waals surface area contributed by atoms with Crippen LogP contribution in [0.2, 0.25) is 0 Å². The van der Waals surface area contributed by atoms with E-state index in [2.05, 4.69) is 10.1 Å². The van der Waals surface area contributed by atoms with Crippen LogP contribution in [0.3, 0.4) is 0 Å². The molecule has 18 heavy (non-hydrogen) atoms. The van der Waals surface area contributed by atoms with Crippen molar-refractivity contribution < 1.29 is 13.9 Å². The van der Waals surface area contributed by atoms with E-state index >= 15 is 0 Å². The number of rotatable bonds is 4. The lowest BCUT2D eigenvalue weighted by molar-refractivity contribution is 0.0205. The maximum atomic E-state index is 13.7. The molecule has 5 nitrogen and oxygen atoms in total. The fourth-order valence-electron chi connectivity index (χ4n) is 1.71. The third-order valence-corrected chi connectivity index (χ3v) is 2.66. The Labute approximate surface area is 102 Å². The fourth-order valence-corrected chi connectivity index (χ4v) is 1.71. The monoisotopic (exact) mass is 254 g/mol. The molecule has 2 aromatic rings. The summed E-state index contributed by atoms with van der Waals surface area (Å²) in [5, 5.41) is 14.2. The van der Waals surface area contributed by atoms with Crippen molar-refractivity contribution in [2.75, 3.05) is 6.54 Å². The van der Waals surface area contributed by atoms with E-state index in [4.69, 9.17) is 5.73 Å². The summed E-state index contributed by atoms with van der Waals surface area (Å²) in [6, 6.07) is 2.95. The first kappa shape index (κ1) is 12.6. The van der Waals surface area contributed by atoms with Crippen LogP contribution < -0.4 is 5.73 Å². The topological polar surface area (TPSA) is 77.0 Å². The van der Waals surface area contributed by atoms with Crippen molar-refractivity contribution in [1.82, 2.24) is 14.8 Å². The number of benzene rings is 1. The van der Waals surface area contributed by atoms with Crippen LogP contribution in [-0.2, 0) is 12.1 Å². The van der Waals surface area contributed by atoms with Crippen LogP contribution in [0, 0.1) is 11.6 Å². The van der Waals surface area contributed by atoms with Gasteiger partial charge in [0.25, 0.3) is 0 Å². The maximum absolute atomic E-state index is 13.7. The van der Waals surface area contributed by atoms with Gasteiger partial charge < -0.3 is 10.8 Å². The van der Waals surface area contributed by atoms with Gasteiger partial charge in [0.05, 0.1) is 6.54 Å². The van der Waals surface area contributed by atoms with Gasteiger partial charge in [0.1, 0.15) is 29.9 Å². The fraction of sp³-hybridized carbons (Fsp3) is 0.273. The van der Waals surface area contributed by atoms with Gasteiger partial charge in [-0.15, -0.1) is 0 Å². The first-order valence-electron chi connectivity index (χ1n) is 5.25. The number of nitrogens with zero attached hydrogens (tertiary/aromatic N) is 3. The molecule has 7 heteroatoms. The zero-order chi connectivity index (χ0) is 13.2. The molecule has 2 rings (SSSR count). The second-order valence-electron chi connectivity index (χ2n) is 3.95. The molecule has 3 N–H and O–H groups in total. The largest absolute Gasteiger partial charge is 0.382 e. The highest BCUT2D eigenvalue weighted by atomic mass is 19.1. The van der Waals surface area contributed by atoms with Crippen molar-refractivity contribution in [1.29, 1.82) is 0 Å². The molecule has 96 valence electrons. The number of aromatic nitrogens is 3. The molecule has 0 spiro atoms. The lowest BCUT2D eigenvalue weighted by Crippen LogP contribution is -2.40. The first-order chi connectivity index (χ1) is 8.55. The van der Waals surface area contributed by atoms with E-state index in [-0.39, 0.29) is 18.7 Å². The van der Waals surface area contributed by atoms with Gasteiger partial charge in [-0.2, -0.15) is 5.10 Å². The van der Waals surface area contributed by atoms with Gasteiger partial charge in [0.15, 0.2) is 0 Å². The zero-order valence-electron chi connectivity index (χ0n) is 9.42. The Morgan fingerprint density at radius 1 is 1.39 bits per heavy atom. The summed E-state index contributed by atoms with van der Waals surface area (Å²) >= 11 is 0. The Balaban J connectivity index is 2.36. The van der Waals surface area contributed by atoms with Crippen LogP contribution >= 0.6 is 0 Å². The summed E-state index contributed by atoms with van der Waals surface area (Å²) in [6.45, 7) is -0.290. The molecule has 0 saturated carbocycles. The molecule has 0 amide bonds.